The molecule has 0 bridgehead atoms. The number of ether oxygens (including phenoxy) is 2. The molecular formula is C20H17N5O4. The number of amides is 1. The van der Waals surface area contributed by atoms with E-state index in [1.807, 2.05) is 12.1 Å². The highest BCUT2D eigenvalue weighted by molar-refractivity contribution is 6.03. The predicted molar refractivity (Wildman–Crippen MR) is 105 cm³/mol. The predicted octanol–water partition coefficient (Wildman–Crippen LogP) is 2.77. The van der Waals surface area contributed by atoms with Gasteiger partial charge in [-0.15, -0.1) is 0 Å². The molecule has 9 nitrogen and oxygen atoms in total. The molecule has 1 aromatic carbocycles. The van der Waals surface area contributed by atoms with Gasteiger partial charge in [0, 0.05) is 17.8 Å². The molecule has 29 heavy (non-hydrogen) atoms. The molecule has 9 heteroatoms. The van der Waals surface area contributed by atoms with E-state index in [1.165, 1.54) is 18.3 Å². The van der Waals surface area contributed by atoms with Crippen molar-refractivity contribution in [3.05, 3.63) is 60.6 Å². The van der Waals surface area contributed by atoms with Crippen LogP contribution in [0.15, 0.2) is 54.9 Å². The second kappa shape index (κ2) is 7.47. The summed E-state index contributed by atoms with van der Waals surface area (Å²) in [6.45, 7) is 0. The summed E-state index contributed by atoms with van der Waals surface area (Å²) < 4.78 is 12.2. The third kappa shape index (κ3) is 3.53. The monoisotopic (exact) mass is 391 g/mol. The molecule has 146 valence electrons. The molecule has 3 heterocycles. The van der Waals surface area contributed by atoms with Gasteiger partial charge in [-0.25, -0.2) is 14.5 Å². The van der Waals surface area contributed by atoms with E-state index in [1.54, 1.807) is 43.1 Å². The summed E-state index contributed by atoms with van der Waals surface area (Å²) >= 11 is 0. The van der Waals surface area contributed by atoms with Gasteiger partial charge in [-0.1, -0.05) is 0 Å². The zero-order valence-corrected chi connectivity index (χ0v) is 15.7. The Morgan fingerprint density at radius 1 is 1.03 bits per heavy atom. The summed E-state index contributed by atoms with van der Waals surface area (Å²) in [7, 11) is 3.14. The highest BCUT2D eigenvalue weighted by Gasteiger charge is 2.16. The molecule has 4 aromatic rings. The fourth-order valence-electron chi connectivity index (χ4n) is 2.86. The zero-order valence-electron chi connectivity index (χ0n) is 15.7. The molecule has 0 aliphatic rings. The number of rotatable bonds is 5. The lowest BCUT2D eigenvalue weighted by molar-refractivity contribution is 0.102. The maximum absolute atomic E-state index is 12.5. The van der Waals surface area contributed by atoms with Crippen LogP contribution in [0, 0.1) is 0 Å². The number of aromatic hydroxyl groups is 1. The summed E-state index contributed by atoms with van der Waals surface area (Å²) in [5.41, 5.74) is 2.25. The Hall–Kier alpha value is -4.14. The van der Waals surface area contributed by atoms with E-state index in [9.17, 15) is 9.90 Å². The van der Waals surface area contributed by atoms with E-state index in [4.69, 9.17) is 9.47 Å². The highest BCUT2D eigenvalue weighted by Crippen LogP contribution is 2.32. The van der Waals surface area contributed by atoms with Crippen molar-refractivity contribution < 1.29 is 19.4 Å². The van der Waals surface area contributed by atoms with Crippen molar-refractivity contribution in [2.75, 3.05) is 19.5 Å². The summed E-state index contributed by atoms with van der Waals surface area (Å²) in [4.78, 5) is 20.8. The molecule has 0 radical (unpaired) electrons. The number of hydrogen-bond donors (Lipinski definition) is 2. The van der Waals surface area contributed by atoms with Gasteiger partial charge in [0.05, 0.1) is 26.1 Å². The lowest BCUT2D eigenvalue weighted by atomic mass is 10.1. The molecular weight excluding hydrogens is 374 g/mol. The van der Waals surface area contributed by atoms with Gasteiger partial charge in [0.2, 0.25) is 0 Å². The number of nitrogens with one attached hydrogen (secondary N) is 1. The Morgan fingerprint density at radius 2 is 1.86 bits per heavy atom. The molecule has 0 spiro atoms. The van der Waals surface area contributed by atoms with Crippen LogP contribution >= 0.6 is 0 Å². The Morgan fingerprint density at radius 3 is 2.59 bits per heavy atom. The lowest BCUT2D eigenvalue weighted by Crippen LogP contribution is -2.13. The molecule has 1 amide bonds. The van der Waals surface area contributed by atoms with Crippen LogP contribution < -0.4 is 14.8 Å². The molecule has 2 N–H and O–H groups in total. The van der Waals surface area contributed by atoms with E-state index in [2.05, 4.69) is 20.4 Å². The van der Waals surface area contributed by atoms with Crippen molar-refractivity contribution in [3.63, 3.8) is 0 Å². The van der Waals surface area contributed by atoms with Crippen LogP contribution in [0.25, 0.3) is 16.9 Å². The van der Waals surface area contributed by atoms with E-state index in [-0.39, 0.29) is 11.4 Å². The standard InChI is InChI=1S/C20H17N5O4/c1-28-16-5-3-12(9-17(16)29-2)15-7-8-21-19-10-14(24-25(15)19)20(27)23-18-6-4-13(26)11-22-18/h3-11,26H,1-2H3,(H,22,23,27). The van der Waals surface area contributed by atoms with Crippen LogP contribution in [0.4, 0.5) is 5.82 Å². The van der Waals surface area contributed by atoms with Crippen LogP contribution in [-0.2, 0) is 0 Å². The maximum Gasteiger partial charge on any atom is 0.277 e. The average molecular weight is 391 g/mol. The number of carbonyl (C=O) groups is 1. The number of methoxy groups -OCH3 is 2. The van der Waals surface area contributed by atoms with Gasteiger partial charge in [0.15, 0.2) is 22.8 Å². The Labute approximate surface area is 165 Å². The summed E-state index contributed by atoms with van der Waals surface area (Å²) in [6.07, 6.45) is 2.89. The van der Waals surface area contributed by atoms with Crippen molar-refractivity contribution in [1.82, 2.24) is 19.6 Å². The number of pyridine rings is 1. The van der Waals surface area contributed by atoms with Crippen LogP contribution in [0.1, 0.15) is 10.5 Å². The molecule has 0 aliphatic carbocycles. The number of nitrogens with zero attached hydrogens (tertiary/aromatic N) is 4. The minimum Gasteiger partial charge on any atom is -0.506 e. The van der Waals surface area contributed by atoms with Crippen LogP contribution in [0.5, 0.6) is 17.2 Å². The lowest BCUT2D eigenvalue weighted by Gasteiger charge is -2.10. The first kappa shape index (κ1) is 18.2. The van der Waals surface area contributed by atoms with Gasteiger partial charge >= 0.3 is 0 Å². The fraction of sp³-hybridized carbons (Fsp3) is 0.100. The first-order valence-corrected chi connectivity index (χ1v) is 8.62. The van der Waals surface area contributed by atoms with Crippen LogP contribution in [0.3, 0.4) is 0 Å². The Balaban J connectivity index is 1.70. The van der Waals surface area contributed by atoms with Gasteiger partial charge in [-0.2, -0.15) is 5.10 Å². The van der Waals surface area contributed by atoms with E-state index in [0.717, 1.165) is 11.3 Å². The molecule has 0 unspecified atom stereocenters. The fourth-order valence-corrected chi connectivity index (χ4v) is 2.86. The second-order valence-corrected chi connectivity index (χ2v) is 6.06. The molecule has 0 fully saturated rings. The number of benzene rings is 1. The molecule has 0 saturated carbocycles. The average Bonchev–Trinajstić information content (AvgIpc) is 3.19. The van der Waals surface area contributed by atoms with Gasteiger partial charge in [0.25, 0.3) is 5.91 Å². The third-order valence-corrected chi connectivity index (χ3v) is 4.26. The minimum atomic E-state index is -0.438. The van der Waals surface area contributed by atoms with Gasteiger partial charge in [-0.05, 0) is 36.4 Å². The molecule has 0 aliphatic heterocycles. The van der Waals surface area contributed by atoms with Crippen LogP contribution in [-0.4, -0.2) is 44.8 Å². The highest BCUT2D eigenvalue weighted by atomic mass is 16.5. The van der Waals surface area contributed by atoms with Crippen molar-refractivity contribution in [2.45, 2.75) is 0 Å². The van der Waals surface area contributed by atoms with Crippen molar-refractivity contribution in [2.24, 2.45) is 0 Å². The molecule has 0 saturated heterocycles. The summed E-state index contributed by atoms with van der Waals surface area (Å²) in [5, 5.41) is 16.3. The number of anilines is 1. The molecule has 4 rings (SSSR count). The largest absolute Gasteiger partial charge is 0.506 e. The topological polar surface area (TPSA) is 111 Å². The third-order valence-electron chi connectivity index (χ3n) is 4.26. The zero-order chi connectivity index (χ0) is 20.4. The summed E-state index contributed by atoms with van der Waals surface area (Å²) in [6, 6.07) is 11.8. The Bertz CT molecular complexity index is 1190. The SMILES string of the molecule is COc1ccc(-c2ccnc3cc(C(=O)Nc4ccc(O)cn4)nn23)cc1OC. The van der Waals surface area contributed by atoms with Crippen molar-refractivity contribution >= 4 is 17.4 Å². The maximum atomic E-state index is 12.5. The Kier molecular flexibility index (Phi) is 4.70. The summed E-state index contributed by atoms with van der Waals surface area (Å²) in [5.74, 6) is 1.08. The van der Waals surface area contributed by atoms with Crippen molar-refractivity contribution in [1.29, 1.82) is 0 Å². The normalized spacial score (nSPS) is 10.7. The molecule has 0 atom stereocenters. The number of aromatic nitrogens is 4. The smallest absolute Gasteiger partial charge is 0.277 e. The number of carbonyl (C=O) groups excluding carboxylic acids is 1. The first-order chi connectivity index (χ1) is 14.1. The first-order valence-electron chi connectivity index (χ1n) is 8.62. The quantitative estimate of drug-likeness (QED) is 0.538. The van der Waals surface area contributed by atoms with E-state index in [0.29, 0.717) is 23.0 Å². The van der Waals surface area contributed by atoms with Gasteiger partial charge in [-0.3, -0.25) is 4.79 Å². The van der Waals surface area contributed by atoms with Gasteiger partial charge in [0.1, 0.15) is 11.6 Å². The van der Waals surface area contributed by atoms with Crippen molar-refractivity contribution in [3.8, 4) is 28.5 Å². The van der Waals surface area contributed by atoms with Gasteiger partial charge < -0.3 is 19.9 Å². The second-order valence-electron chi connectivity index (χ2n) is 6.06. The number of fused-ring (bicyclic) bond motifs is 1. The van der Waals surface area contributed by atoms with Crippen LogP contribution in [0.2, 0.25) is 0 Å². The van der Waals surface area contributed by atoms with E-state index < -0.39 is 5.91 Å². The number of hydrogen-bond acceptors (Lipinski definition) is 7. The minimum absolute atomic E-state index is 0.0134. The molecule has 3 aromatic heterocycles. The van der Waals surface area contributed by atoms with E-state index >= 15 is 0 Å².